The van der Waals surface area contributed by atoms with Crippen LogP contribution in [-0.2, 0) is 10.0 Å². The Hall–Kier alpha value is -2.48. The highest BCUT2D eigenvalue weighted by Gasteiger charge is 2.30. The molecule has 2 heterocycles. The highest BCUT2D eigenvalue weighted by atomic mass is 35.5. The van der Waals surface area contributed by atoms with Crippen molar-refractivity contribution < 1.29 is 13.2 Å². The third-order valence-corrected chi connectivity index (χ3v) is 6.96. The average molecular weight is 416 g/mol. The second-order valence-electron chi connectivity index (χ2n) is 6.57. The number of fused-ring (bicyclic) bond motifs is 1. The number of halogens is 1. The van der Waals surface area contributed by atoms with Crippen molar-refractivity contribution in [2.75, 3.05) is 26.2 Å². The lowest BCUT2D eigenvalue weighted by Gasteiger charge is -2.34. The summed E-state index contributed by atoms with van der Waals surface area (Å²) in [6.45, 7) is 1.15. The third-order valence-electron chi connectivity index (χ3n) is 4.86. The minimum absolute atomic E-state index is 0.174. The maximum Gasteiger partial charge on any atom is 0.254 e. The number of rotatable bonds is 3. The number of sulfonamides is 1. The van der Waals surface area contributed by atoms with Gasteiger partial charge in [0.2, 0.25) is 10.0 Å². The Morgan fingerprint density at radius 3 is 2.36 bits per heavy atom. The van der Waals surface area contributed by atoms with Crippen LogP contribution >= 0.6 is 11.6 Å². The molecule has 0 radical (unpaired) electrons. The zero-order valence-corrected chi connectivity index (χ0v) is 16.5. The average Bonchev–Trinajstić information content (AvgIpc) is 2.73. The van der Waals surface area contributed by atoms with Crippen molar-refractivity contribution in [2.24, 2.45) is 0 Å². The molecule has 4 rings (SSSR count). The number of benzene rings is 2. The van der Waals surface area contributed by atoms with E-state index in [9.17, 15) is 13.2 Å². The van der Waals surface area contributed by atoms with E-state index in [1.807, 2.05) is 30.3 Å². The monoisotopic (exact) mass is 415 g/mol. The molecule has 1 saturated heterocycles. The number of pyridine rings is 1. The van der Waals surface area contributed by atoms with E-state index in [-0.39, 0.29) is 29.0 Å². The SMILES string of the molecule is O=C(c1ccnc(Cl)c1)N1CCN(S(=O)(=O)c2ccc3ccccc3c2)CC1. The van der Waals surface area contributed by atoms with Crippen molar-refractivity contribution >= 4 is 38.3 Å². The fraction of sp³-hybridized carbons (Fsp3) is 0.200. The number of aromatic nitrogens is 1. The number of piperazine rings is 1. The fourth-order valence-electron chi connectivity index (χ4n) is 3.33. The van der Waals surface area contributed by atoms with Crippen LogP contribution in [0, 0.1) is 0 Å². The molecule has 0 spiro atoms. The molecule has 1 fully saturated rings. The van der Waals surface area contributed by atoms with Gasteiger partial charge in [0.1, 0.15) is 5.15 Å². The molecule has 0 bridgehead atoms. The van der Waals surface area contributed by atoms with Gasteiger partial charge in [0.15, 0.2) is 0 Å². The lowest BCUT2D eigenvalue weighted by atomic mass is 10.1. The lowest BCUT2D eigenvalue weighted by Crippen LogP contribution is -2.50. The van der Waals surface area contributed by atoms with E-state index in [4.69, 9.17) is 11.6 Å². The minimum Gasteiger partial charge on any atom is -0.336 e. The summed E-state index contributed by atoms with van der Waals surface area (Å²) < 4.78 is 27.5. The van der Waals surface area contributed by atoms with Crippen molar-refractivity contribution in [1.82, 2.24) is 14.2 Å². The van der Waals surface area contributed by atoms with E-state index >= 15 is 0 Å². The van der Waals surface area contributed by atoms with Crippen LogP contribution in [0.15, 0.2) is 65.7 Å². The lowest BCUT2D eigenvalue weighted by molar-refractivity contribution is 0.0698. The number of hydrogen-bond acceptors (Lipinski definition) is 4. The Morgan fingerprint density at radius 1 is 0.929 bits per heavy atom. The van der Waals surface area contributed by atoms with Gasteiger partial charge in [-0.1, -0.05) is 41.9 Å². The Morgan fingerprint density at radius 2 is 1.64 bits per heavy atom. The summed E-state index contributed by atoms with van der Waals surface area (Å²) in [4.78, 5) is 18.4. The third kappa shape index (κ3) is 3.61. The van der Waals surface area contributed by atoms with Crippen LogP contribution in [0.2, 0.25) is 5.15 Å². The van der Waals surface area contributed by atoms with Gasteiger partial charge < -0.3 is 4.90 Å². The molecule has 144 valence electrons. The molecule has 1 aliphatic heterocycles. The quantitative estimate of drug-likeness (QED) is 0.616. The van der Waals surface area contributed by atoms with Crippen molar-refractivity contribution in [3.63, 3.8) is 0 Å². The van der Waals surface area contributed by atoms with E-state index in [2.05, 4.69) is 4.98 Å². The molecule has 1 aliphatic rings. The first kappa shape index (κ1) is 18.9. The molecule has 0 saturated carbocycles. The molecule has 0 N–H and O–H groups in total. The second-order valence-corrected chi connectivity index (χ2v) is 8.90. The van der Waals surface area contributed by atoms with Crippen LogP contribution in [-0.4, -0.2) is 54.7 Å². The van der Waals surface area contributed by atoms with Crippen molar-refractivity contribution in [2.45, 2.75) is 4.90 Å². The Kier molecular flexibility index (Phi) is 5.05. The zero-order valence-electron chi connectivity index (χ0n) is 15.0. The smallest absolute Gasteiger partial charge is 0.254 e. The van der Waals surface area contributed by atoms with Crippen LogP contribution in [0.25, 0.3) is 10.8 Å². The van der Waals surface area contributed by atoms with E-state index in [0.29, 0.717) is 18.7 Å². The van der Waals surface area contributed by atoms with Crippen LogP contribution in [0.1, 0.15) is 10.4 Å². The summed E-state index contributed by atoms with van der Waals surface area (Å²) in [6, 6.07) is 15.9. The topological polar surface area (TPSA) is 70.6 Å². The summed E-state index contributed by atoms with van der Waals surface area (Å²) in [5, 5.41) is 2.13. The minimum atomic E-state index is -3.61. The maximum absolute atomic E-state index is 13.0. The van der Waals surface area contributed by atoms with Crippen LogP contribution in [0.4, 0.5) is 0 Å². The fourth-order valence-corrected chi connectivity index (χ4v) is 4.96. The van der Waals surface area contributed by atoms with Gasteiger partial charge in [-0.05, 0) is 35.0 Å². The van der Waals surface area contributed by atoms with Crippen molar-refractivity contribution in [1.29, 1.82) is 0 Å². The van der Waals surface area contributed by atoms with Gasteiger partial charge in [0.05, 0.1) is 4.90 Å². The normalized spacial score (nSPS) is 15.7. The molecule has 0 aliphatic carbocycles. The van der Waals surface area contributed by atoms with Crippen molar-refractivity contribution in [3.05, 3.63) is 71.5 Å². The van der Waals surface area contributed by atoms with Crippen molar-refractivity contribution in [3.8, 4) is 0 Å². The molecule has 6 nitrogen and oxygen atoms in total. The first-order valence-electron chi connectivity index (χ1n) is 8.85. The molecule has 28 heavy (non-hydrogen) atoms. The van der Waals surface area contributed by atoms with Gasteiger partial charge in [-0.3, -0.25) is 4.79 Å². The van der Waals surface area contributed by atoms with Gasteiger partial charge in [-0.25, -0.2) is 13.4 Å². The predicted octanol–water partition coefficient (Wildman–Crippen LogP) is 3.03. The number of hydrogen-bond donors (Lipinski definition) is 0. The first-order chi connectivity index (χ1) is 13.4. The van der Waals surface area contributed by atoms with Gasteiger partial charge in [-0.15, -0.1) is 0 Å². The van der Waals surface area contributed by atoms with Gasteiger partial charge in [-0.2, -0.15) is 4.31 Å². The summed E-state index contributed by atoms with van der Waals surface area (Å²) in [7, 11) is -3.61. The van der Waals surface area contributed by atoms with E-state index < -0.39 is 10.0 Å². The van der Waals surface area contributed by atoms with E-state index in [1.54, 1.807) is 23.1 Å². The molecule has 8 heteroatoms. The van der Waals surface area contributed by atoms with Gasteiger partial charge in [0.25, 0.3) is 5.91 Å². The summed E-state index contributed by atoms with van der Waals surface area (Å²) in [5.74, 6) is -0.174. The Labute approximate surface area is 168 Å². The first-order valence-corrected chi connectivity index (χ1v) is 10.7. The molecular formula is C20H18ClN3O3S. The Balaban J connectivity index is 1.49. The molecule has 1 amide bonds. The summed E-state index contributed by atoms with van der Waals surface area (Å²) >= 11 is 5.85. The van der Waals surface area contributed by atoms with Crippen LogP contribution in [0.5, 0.6) is 0 Å². The second kappa shape index (κ2) is 7.50. The highest BCUT2D eigenvalue weighted by Crippen LogP contribution is 2.23. The summed E-state index contributed by atoms with van der Waals surface area (Å²) in [6.07, 6.45) is 1.48. The predicted molar refractivity (Wildman–Crippen MR) is 108 cm³/mol. The summed E-state index contributed by atoms with van der Waals surface area (Å²) in [5.41, 5.74) is 0.450. The maximum atomic E-state index is 13.0. The largest absolute Gasteiger partial charge is 0.336 e. The number of carbonyl (C=O) groups is 1. The number of nitrogens with zero attached hydrogens (tertiary/aromatic N) is 3. The molecule has 2 aromatic carbocycles. The van der Waals surface area contributed by atoms with Crippen LogP contribution < -0.4 is 0 Å². The standard InChI is InChI=1S/C20H18ClN3O3S/c21-19-14-17(7-8-22-19)20(25)23-9-11-24(12-10-23)28(26,27)18-6-5-15-3-1-2-4-16(15)13-18/h1-8,13-14H,9-12H2. The van der Waals surface area contributed by atoms with Gasteiger partial charge >= 0.3 is 0 Å². The molecule has 0 unspecified atom stereocenters. The van der Waals surface area contributed by atoms with E-state index in [0.717, 1.165) is 10.8 Å². The molecular weight excluding hydrogens is 398 g/mol. The zero-order chi connectivity index (χ0) is 19.7. The number of carbonyl (C=O) groups excluding carboxylic acids is 1. The van der Waals surface area contributed by atoms with E-state index in [1.165, 1.54) is 16.6 Å². The Bertz CT molecular complexity index is 1140. The van der Waals surface area contributed by atoms with Crippen LogP contribution in [0.3, 0.4) is 0 Å². The molecule has 0 atom stereocenters. The molecule has 3 aromatic rings. The van der Waals surface area contributed by atoms with Gasteiger partial charge in [0, 0.05) is 37.9 Å². The number of amides is 1. The highest BCUT2D eigenvalue weighted by molar-refractivity contribution is 7.89. The molecule has 1 aromatic heterocycles.